The number of allylic oxidation sites excluding steroid dienone is 3. The first-order valence-corrected chi connectivity index (χ1v) is 6.55. The van der Waals surface area contributed by atoms with Crippen molar-refractivity contribution in [1.82, 2.24) is 5.16 Å². The van der Waals surface area contributed by atoms with Crippen LogP contribution in [-0.4, -0.2) is 16.7 Å². The highest BCUT2D eigenvalue weighted by atomic mass is 35.5. The zero-order valence-corrected chi connectivity index (χ0v) is 11.3. The maximum atomic E-state index is 12.5. The second kappa shape index (κ2) is 4.17. The second-order valence-corrected chi connectivity index (χ2v) is 5.14. The summed E-state index contributed by atoms with van der Waals surface area (Å²) in [5, 5.41) is 7.28. The zero-order chi connectivity index (χ0) is 14.6. The molecular formula is C15H7ClN2O3. The van der Waals surface area contributed by atoms with E-state index in [1.165, 1.54) is 12.3 Å². The number of benzene rings is 1. The predicted octanol–water partition coefficient (Wildman–Crippen LogP) is 2.94. The number of hydrogen-bond donors (Lipinski definition) is 1. The first-order chi connectivity index (χ1) is 10.1. The molecule has 4 rings (SSSR count). The molecule has 0 amide bonds. The fourth-order valence-corrected chi connectivity index (χ4v) is 2.67. The van der Waals surface area contributed by atoms with Crippen molar-refractivity contribution in [2.45, 2.75) is 0 Å². The third-order valence-electron chi connectivity index (χ3n) is 3.47. The van der Waals surface area contributed by atoms with Crippen LogP contribution >= 0.6 is 11.6 Å². The van der Waals surface area contributed by atoms with Gasteiger partial charge in [0.05, 0.1) is 22.5 Å². The summed E-state index contributed by atoms with van der Waals surface area (Å²) in [6.45, 7) is 0. The Morgan fingerprint density at radius 3 is 2.86 bits per heavy atom. The highest BCUT2D eigenvalue weighted by molar-refractivity contribution is 6.38. The Hall–Kier alpha value is -2.66. The quantitative estimate of drug-likeness (QED) is 0.757. The largest absolute Gasteiger partial charge is 0.363 e. The van der Waals surface area contributed by atoms with Gasteiger partial charge in [-0.15, -0.1) is 0 Å². The number of Topliss-reactive ketones (excluding diaryl/α,β-unsaturated/α-hetero) is 1. The number of rotatable bonds is 0. The number of carbonyl (C=O) groups is 2. The fourth-order valence-electron chi connectivity index (χ4n) is 2.50. The monoisotopic (exact) mass is 298 g/mol. The highest BCUT2D eigenvalue weighted by Crippen LogP contribution is 2.36. The van der Waals surface area contributed by atoms with E-state index >= 15 is 0 Å². The van der Waals surface area contributed by atoms with Gasteiger partial charge < -0.3 is 9.84 Å². The number of nitrogens with zero attached hydrogens (tertiary/aromatic N) is 1. The molecule has 0 saturated carbocycles. The van der Waals surface area contributed by atoms with Crippen LogP contribution in [0.1, 0.15) is 21.6 Å². The minimum Gasteiger partial charge on any atom is -0.363 e. The van der Waals surface area contributed by atoms with Crippen LogP contribution < -0.4 is 5.32 Å². The van der Waals surface area contributed by atoms with E-state index in [2.05, 4.69) is 10.5 Å². The van der Waals surface area contributed by atoms with Crippen LogP contribution in [0, 0.1) is 0 Å². The molecule has 0 atom stereocenters. The van der Waals surface area contributed by atoms with E-state index < -0.39 is 0 Å². The van der Waals surface area contributed by atoms with Gasteiger partial charge in [-0.3, -0.25) is 9.59 Å². The maximum absolute atomic E-state index is 12.5. The molecule has 0 radical (unpaired) electrons. The van der Waals surface area contributed by atoms with Crippen LogP contribution in [0.4, 0.5) is 5.69 Å². The summed E-state index contributed by atoms with van der Waals surface area (Å²) in [6, 6.07) is 4.93. The van der Waals surface area contributed by atoms with Gasteiger partial charge in [-0.2, -0.15) is 0 Å². The molecule has 0 fully saturated rings. The summed E-state index contributed by atoms with van der Waals surface area (Å²) in [5.41, 5.74) is 2.62. The van der Waals surface area contributed by atoms with Gasteiger partial charge in [-0.1, -0.05) is 16.8 Å². The SMILES string of the molecule is O=C1C=Cc2nocc2/C1=C1\Nc2cc(Cl)ccc2C1=O. The Balaban J connectivity index is 1.94. The molecule has 5 nitrogen and oxygen atoms in total. The molecule has 0 saturated heterocycles. The summed E-state index contributed by atoms with van der Waals surface area (Å²) in [4.78, 5) is 24.7. The van der Waals surface area contributed by atoms with E-state index in [1.54, 1.807) is 24.3 Å². The predicted molar refractivity (Wildman–Crippen MR) is 76.9 cm³/mol. The number of anilines is 1. The van der Waals surface area contributed by atoms with Crippen molar-refractivity contribution in [2.24, 2.45) is 0 Å². The van der Waals surface area contributed by atoms with Gasteiger partial charge in [0.25, 0.3) is 0 Å². The summed E-state index contributed by atoms with van der Waals surface area (Å²) < 4.78 is 4.89. The molecule has 2 heterocycles. The molecule has 1 aromatic heterocycles. The molecule has 1 aliphatic heterocycles. The molecule has 1 aromatic carbocycles. The molecule has 0 bridgehead atoms. The lowest BCUT2D eigenvalue weighted by Gasteiger charge is -2.10. The Morgan fingerprint density at radius 2 is 2.00 bits per heavy atom. The first-order valence-electron chi connectivity index (χ1n) is 6.18. The van der Waals surface area contributed by atoms with Crippen LogP contribution in [0.3, 0.4) is 0 Å². The van der Waals surface area contributed by atoms with Crippen LogP contribution in [-0.2, 0) is 4.79 Å². The summed E-state index contributed by atoms with van der Waals surface area (Å²) in [7, 11) is 0. The standard InChI is InChI=1S/C15H7ClN2O3/c16-7-1-2-8-11(5-7)17-14(15(8)20)13-9-6-21-18-10(9)3-4-12(13)19/h1-6,17H/b14-13+. The van der Waals surface area contributed by atoms with Crippen molar-refractivity contribution in [3.63, 3.8) is 0 Å². The Kier molecular flexibility index (Phi) is 2.40. The number of fused-ring (bicyclic) bond motifs is 2. The molecule has 1 N–H and O–H groups in total. The Morgan fingerprint density at radius 1 is 1.14 bits per heavy atom. The smallest absolute Gasteiger partial charge is 0.212 e. The third-order valence-corrected chi connectivity index (χ3v) is 3.70. The Bertz CT molecular complexity index is 877. The van der Waals surface area contributed by atoms with Crippen molar-refractivity contribution in [2.75, 3.05) is 5.32 Å². The van der Waals surface area contributed by atoms with E-state index in [9.17, 15) is 9.59 Å². The number of carbonyl (C=O) groups excluding carboxylic acids is 2. The summed E-state index contributed by atoms with van der Waals surface area (Å²) in [5.74, 6) is -0.507. The number of halogens is 1. The second-order valence-electron chi connectivity index (χ2n) is 4.71. The topological polar surface area (TPSA) is 72.2 Å². The average molecular weight is 299 g/mol. The van der Waals surface area contributed by atoms with Crippen molar-refractivity contribution >= 4 is 40.5 Å². The molecule has 102 valence electrons. The number of hydrogen-bond acceptors (Lipinski definition) is 5. The molecule has 2 aromatic rings. The number of ketones is 2. The van der Waals surface area contributed by atoms with Crippen LogP contribution in [0.15, 0.2) is 40.8 Å². The van der Waals surface area contributed by atoms with Crippen molar-refractivity contribution < 1.29 is 14.1 Å². The average Bonchev–Trinajstić information content (AvgIpc) is 3.04. The van der Waals surface area contributed by atoms with Gasteiger partial charge in [-0.05, 0) is 30.4 Å². The van der Waals surface area contributed by atoms with Gasteiger partial charge in [0.2, 0.25) is 5.78 Å². The van der Waals surface area contributed by atoms with Crippen molar-refractivity contribution in [3.05, 3.63) is 58.1 Å². The van der Waals surface area contributed by atoms with Gasteiger partial charge in [0.15, 0.2) is 5.78 Å². The molecule has 0 unspecified atom stereocenters. The van der Waals surface area contributed by atoms with Crippen LogP contribution in [0.25, 0.3) is 11.6 Å². The molecular weight excluding hydrogens is 292 g/mol. The lowest BCUT2D eigenvalue weighted by atomic mass is 9.93. The summed E-state index contributed by atoms with van der Waals surface area (Å²) >= 11 is 5.93. The van der Waals surface area contributed by atoms with E-state index in [4.69, 9.17) is 16.1 Å². The summed E-state index contributed by atoms with van der Waals surface area (Å²) in [6.07, 6.45) is 4.30. The minimum absolute atomic E-state index is 0.228. The molecule has 6 heteroatoms. The van der Waals surface area contributed by atoms with Crippen LogP contribution in [0.2, 0.25) is 5.02 Å². The minimum atomic E-state index is -0.263. The van der Waals surface area contributed by atoms with E-state index in [1.807, 2.05) is 0 Å². The van der Waals surface area contributed by atoms with E-state index in [0.29, 0.717) is 27.5 Å². The number of aromatic nitrogens is 1. The lowest BCUT2D eigenvalue weighted by Crippen LogP contribution is -2.12. The highest BCUT2D eigenvalue weighted by Gasteiger charge is 2.33. The van der Waals surface area contributed by atoms with E-state index in [-0.39, 0.29) is 22.8 Å². The molecule has 2 aliphatic rings. The van der Waals surface area contributed by atoms with Gasteiger partial charge in [0.1, 0.15) is 12.0 Å². The molecule has 21 heavy (non-hydrogen) atoms. The fraction of sp³-hybridized carbons (Fsp3) is 0. The first kappa shape index (κ1) is 12.1. The van der Waals surface area contributed by atoms with Gasteiger partial charge >= 0.3 is 0 Å². The third kappa shape index (κ3) is 1.68. The zero-order valence-electron chi connectivity index (χ0n) is 10.5. The maximum Gasteiger partial charge on any atom is 0.212 e. The van der Waals surface area contributed by atoms with Crippen molar-refractivity contribution in [1.29, 1.82) is 0 Å². The molecule has 1 aliphatic carbocycles. The van der Waals surface area contributed by atoms with Gasteiger partial charge in [0, 0.05) is 10.6 Å². The van der Waals surface area contributed by atoms with E-state index in [0.717, 1.165) is 0 Å². The Labute approximate surface area is 123 Å². The lowest BCUT2D eigenvalue weighted by molar-refractivity contribution is -0.109. The van der Waals surface area contributed by atoms with Gasteiger partial charge in [-0.25, -0.2) is 0 Å². The number of nitrogens with one attached hydrogen (secondary N) is 1. The van der Waals surface area contributed by atoms with Crippen LogP contribution in [0.5, 0.6) is 0 Å². The normalized spacial score (nSPS) is 19.5. The van der Waals surface area contributed by atoms with Crippen molar-refractivity contribution in [3.8, 4) is 0 Å². The molecule has 0 spiro atoms.